The van der Waals surface area contributed by atoms with Crippen molar-refractivity contribution in [1.29, 1.82) is 0 Å². The number of nitrogens with one attached hydrogen (secondary N) is 2. The molecular formula is C13H18ClF3N2O. The summed E-state index contributed by atoms with van der Waals surface area (Å²) in [7, 11) is 1.71. The minimum atomic E-state index is -4.42. The SMILES string of the molecule is CNCC(C)C(=O)Nc1cccc(C(F)(F)F)c1C.Cl. The lowest BCUT2D eigenvalue weighted by molar-refractivity contribution is -0.138. The molecule has 114 valence electrons. The molecule has 1 aromatic carbocycles. The third-order valence-corrected chi connectivity index (χ3v) is 2.85. The maximum atomic E-state index is 12.7. The molecule has 0 aliphatic rings. The fourth-order valence-corrected chi connectivity index (χ4v) is 1.73. The van der Waals surface area contributed by atoms with Crippen LogP contribution in [-0.4, -0.2) is 19.5 Å². The van der Waals surface area contributed by atoms with Crippen LogP contribution in [0.2, 0.25) is 0 Å². The Morgan fingerprint density at radius 3 is 2.45 bits per heavy atom. The second-order valence-electron chi connectivity index (χ2n) is 4.42. The standard InChI is InChI=1S/C13H17F3N2O.ClH/c1-8(7-17-3)12(19)18-11-6-4-5-10(9(11)2)13(14,15)16;/h4-6,8,17H,7H2,1-3H3,(H,18,19);1H. The summed E-state index contributed by atoms with van der Waals surface area (Å²) >= 11 is 0. The number of alkyl halides is 3. The molecule has 1 unspecified atom stereocenters. The number of carbonyl (C=O) groups excluding carboxylic acids is 1. The van der Waals surface area contributed by atoms with Crippen molar-refractivity contribution < 1.29 is 18.0 Å². The van der Waals surface area contributed by atoms with Gasteiger partial charge in [-0.1, -0.05) is 13.0 Å². The van der Waals surface area contributed by atoms with Crippen molar-refractivity contribution in [2.75, 3.05) is 18.9 Å². The summed E-state index contributed by atoms with van der Waals surface area (Å²) in [5, 5.41) is 5.37. The molecule has 1 amide bonds. The quantitative estimate of drug-likeness (QED) is 0.896. The topological polar surface area (TPSA) is 41.1 Å². The first-order valence-corrected chi connectivity index (χ1v) is 5.89. The summed E-state index contributed by atoms with van der Waals surface area (Å²) in [5.74, 6) is -0.629. The molecule has 0 radical (unpaired) electrons. The Bertz CT molecular complexity index is 463. The van der Waals surface area contributed by atoms with Crippen LogP contribution in [0.4, 0.5) is 18.9 Å². The number of amides is 1. The van der Waals surface area contributed by atoms with E-state index >= 15 is 0 Å². The molecule has 0 heterocycles. The monoisotopic (exact) mass is 310 g/mol. The zero-order valence-electron chi connectivity index (χ0n) is 11.5. The highest BCUT2D eigenvalue weighted by molar-refractivity contribution is 5.93. The molecule has 1 rings (SSSR count). The molecule has 0 spiro atoms. The Hall–Kier alpha value is -1.27. The van der Waals surface area contributed by atoms with E-state index in [0.29, 0.717) is 6.54 Å². The van der Waals surface area contributed by atoms with E-state index < -0.39 is 11.7 Å². The number of rotatable bonds is 4. The Morgan fingerprint density at radius 2 is 1.95 bits per heavy atom. The van der Waals surface area contributed by atoms with Crippen molar-refractivity contribution in [2.45, 2.75) is 20.0 Å². The molecular weight excluding hydrogens is 293 g/mol. The van der Waals surface area contributed by atoms with Gasteiger partial charge in [0, 0.05) is 18.2 Å². The Kier molecular flexibility index (Phi) is 7.02. The van der Waals surface area contributed by atoms with E-state index in [-0.39, 0.29) is 35.5 Å². The summed E-state index contributed by atoms with van der Waals surface area (Å²) in [4.78, 5) is 11.8. The molecule has 2 N–H and O–H groups in total. The van der Waals surface area contributed by atoms with Crippen LogP contribution in [0.5, 0.6) is 0 Å². The van der Waals surface area contributed by atoms with Crippen molar-refractivity contribution in [3.05, 3.63) is 29.3 Å². The number of halogens is 4. The summed E-state index contributed by atoms with van der Waals surface area (Å²) < 4.78 is 38.2. The number of carbonyl (C=O) groups is 1. The highest BCUT2D eigenvalue weighted by Crippen LogP contribution is 2.34. The van der Waals surface area contributed by atoms with E-state index in [1.807, 2.05) is 0 Å². The van der Waals surface area contributed by atoms with Crippen molar-refractivity contribution in [1.82, 2.24) is 5.32 Å². The molecule has 20 heavy (non-hydrogen) atoms. The molecule has 0 saturated heterocycles. The van der Waals surface area contributed by atoms with Gasteiger partial charge in [0.05, 0.1) is 5.56 Å². The van der Waals surface area contributed by atoms with Crippen LogP contribution in [0.15, 0.2) is 18.2 Å². The molecule has 0 saturated carbocycles. The lowest BCUT2D eigenvalue weighted by Gasteiger charge is -2.16. The lowest BCUT2D eigenvalue weighted by atomic mass is 10.1. The van der Waals surface area contributed by atoms with Gasteiger partial charge in [-0.25, -0.2) is 0 Å². The predicted octanol–water partition coefficient (Wildman–Crippen LogP) is 3.23. The average Bonchev–Trinajstić information content (AvgIpc) is 2.30. The molecule has 0 bridgehead atoms. The number of hydrogen-bond donors (Lipinski definition) is 2. The van der Waals surface area contributed by atoms with Gasteiger partial charge < -0.3 is 10.6 Å². The highest BCUT2D eigenvalue weighted by atomic mass is 35.5. The normalized spacial score (nSPS) is 12.5. The van der Waals surface area contributed by atoms with Gasteiger partial charge in [0.1, 0.15) is 0 Å². The van der Waals surface area contributed by atoms with E-state index in [4.69, 9.17) is 0 Å². The van der Waals surface area contributed by atoms with Crippen molar-refractivity contribution in [2.24, 2.45) is 5.92 Å². The minimum absolute atomic E-state index is 0. The van der Waals surface area contributed by atoms with Crippen LogP contribution in [0.1, 0.15) is 18.1 Å². The van der Waals surface area contributed by atoms with E-state index in [0.717, 1.165) is 6.07 Å². The van der Waals surface area contributed by atoms with Crippen molar-refractivity contribution in [3.63, 3.8) is 0 Å². The van der Waals surface area contributed by atoms with Crippen LogP contribution in [0, 0.1) is 12.8 Å². The summed E-state index contributed by atoms with van der Waals surface area (Å²) in [6, 6.07) is 3.75. The molecule has 1 atom stereocenters. The van der Waals surface area contributed by atoms with Crippen LogP contribution in [0.3, 0.4) is 0 Å². The molecule has 0 aliphatic carbocycles. The van der Waals surface area contributed by atoms with E-state index in [9.17, 15) is 18.0 Å². The Morgan fingerprint density at radius 1 is 1.35 bits per heavy atom. The Balaban J connectivity index is 0.00000361. The molecule has 0 aliphatic heterocycles. The summed E-state index contributed by atoms with van der Waals surface area (Å²) in [5.41, 5.74) is -0.505. The van der Waals surface area contributed by atoms with Gasteiger partial charge in [0.2, 0.25) is 5.91 Å². The average molecular weight is 311 g/mol. The van der Waals surface area contributed by atoms with Gasteiger partial charge in [-0.05, 0) is 31.7 Å². The minimum Gasteiger partial charge on any atom is -0.326 e. The van der Waals surface area contributed by atoms with E-state index in [1.54, 1.807) is 14.0 Å². The second-order valence-corrected chi connectivity index (χ2v) is 4.42. The van der Waals surface area contributed by atoms with Crippen LogP contribution >= 0.6 is 12.4 Å². The van der Waals surface area contributed by atoms with E-state index in [1.165, 1.54) is 19.1 Å². The largest absolute Gasteiger partial charge is 0.416 e. The third-order valence-electron chi connectivity index (χ3n) is 2.85. The second kappa shape index (κ2) is 7.50. The maximum absolute atomic E-state index is 12.7. The van der Waals surface area contributed by atoms with Crippen LogP contribution in [-0.2, 0) is 11.0 Å². The van der Waals surface area contributed by atoms with Gasteiger partial charge >= 0.3 is 6.18 Å². The molecule has 3 nitrogen and oxygen atoms in total. The van der Waals surface area contributed by atoms with Gasteiger partial charge in [0.15, 0.2) is 0 Å². The van der Waals surface area contributed by atoms with Gasteiger partial charge in [-0.2, -0.15) is 13.2 Å². The molecule has 0 aromatic heterocycles. The van der Waals surface area contributed by atoms with Gasteiger partial charge in [0.25, 0.3) is 0 Å². The number of hydrogen-bond acceptors (Lipinski definition) is 2. The van der Waals surface area contributed by atoms with Crippen molar-refractivity contribution in [3.8, 4) is 0 Å². The number of benzene rings is 1. The molecule has 1 aromatic rings. The van der Waals surface area contributed by atoms with E-state index in [2.05, 4.69) is 10.6 Å². The summed E-state index contributed by atoms with van der Waals surface area (Å²) in [6.45, 7) is 3.51. The fourth-order valence-electron chi connectivity index (χ4n) is 1.73. The maximum Gasteiger partial charge on any atom is 0.416 e. The third kappa shape index (κ3) is 4.68. The molecule has 0 fully saturated rings. The van der Waals surface area contributed by atoms with Gasteiger partial charge in [-0.3, -0.25) is 4.79 Å². The first kappa shape index (κ1) is 18.7. The molecule has 7 heteroatoms. The zero-order chi connectivity index (χ0) is 14.6. The van der Waals surface area contributed by atoms with Crippen LogP contribution in [0.25, 0.3) is 0 Å². The highest BCUT2D eigenvalue weighted by Gasteiger charge is 2.33. The zero-order valence-corrected chi connectivity index (χ0v) is 12.3. The first-order valence-electron chi connectivity index (χ1n) is 5.89. The van der Waals surface area contributed by atoms with Crippen LogP contribution < -0.4 is 10.6 Å². The predicted molar refractivity (Wildman–Crippen MR) is 75.1 cm³/mol. The number of anilines is 1. The Labute approximate surface area is 122 Å². The first-order chi connectivity index (χ1) is 8.77. The fraction of sp³-hybridized carbons (Fsp3) is 0.462. The lowest BCUT2D eigenvalue weighted by Crippen LogP contribution is -2.29. The van der Waals surface area contributed by atoms with Gasteiger partial charge in [-0.15, -0.1) is 12.4 Å². The smallest absolute Gasteiger partial charge is 0.326 e. The summed E-state index contributed by atoms with van der Waals surface area (Å²) in [6.07, 6.45) is -4.42. The van der Waals surface area contributed by atoms with Crippen molar-refractivity contribution >= 4 is 24.0 Å².